The molecule has 0 amide bonds. The van der Waals surface area contributed by atoms with Crippen LogP contribution in [0.2, 0.25) is 0 Å². The number of hydrogen-bond donors (Lipinski definition) is 4. The molecule has 4 N–H and O–H groups in total. The molecule has 2 heterocycles. The number of aryl methyl sites for hydroxylation is 1. The standard InChI is InChI=1S/C25H18N4O4S/c1-3-15-11-18(6-7-19(15)17-5-4-16-8-9-26-20(16)12-17)29-34(32,33)23-13-22-21(10-14(23)2)27-24(30)25(31)28-22/h1,4-13,26,29H,2H3,(H,27,30)(H,28,31). The fourth-order valence-electron chi connectivity index (χ4n) is 3.95. The number of fused-ring (bicyclic) bond motifs is 2. The van der Waals surface area contributed by atoms with Crippen molar-refractivity contribution in [2.24, 2.45) is 0 Å². The van der Waals surface area contributed by atoms with Gasteiger partial charge in [-0.15, -0.1) is 6.42 Å². The van der Waals surface area contributed by atoms with Gasteiger partial charge in [-0.25, -0.2) is 8.42 Å². The Bertz CT molecular complexity index is 1870. The van der Waals surface area contributed by atoms with E-state index in [0.717, 1.165) is 22.0 Å². The van der Waals surface area contributed by atoms with E-state index in [9.17, 15) is 18.0 Å². The summed E-state index contributed by atoms with van der Waals surface area (Å²) < 4.78 is 28.9. The third-order valence-electron chi connectivity index (χ3n) is 5.60. The van der Waals surface area contributed by atoms with E-state index in [-0.39, 0.29) is 10.4 Å². The SMILES string of the molecule is C#Cc1cc(NS(=O)(=O)c2cc3[nH]c(=O)c(=O)[nH]c3cc2C)ccc1-c1ccc2cc[nH]c2c1. The highest BCUT2D eigenvalue weighted by atomic mass is 32.2. The molecule has 34 heavy (non-hydrogen) atoms. The maximum Gasteiger partial charge on any atom is 0.314 e. The summed E-state index contributed by atoms with van der Waals surface area (Å²) in [7, 11) is -4.02. The van der Waals surface area contributed by atoms with Gasteiger partial charge in [0.25, 0.3) is 10.0 Å². The van der Waals surface area contributed by atoms with Crippen molar-refractivity contribution in [3.05, 3.63) is 92.6 Å². The molecule has 0 spiro atoms. The van der Waals surface area contributed by atoms with Crippen LogP contribution in [0.15, 0.2) is 75.3 Å². The zero-order chi connectivity index (χ0) is 24.0. The van der Waals surface area contributed by atoms with Gasteiger partial charge in [0, 0.05) is 17.3 Å². The fraction of sp³-hybridized carbons (Fsp3) is 0.0400. The summed E-state index contributed by atoms with van der Waals surface area (Å²) in [5.41, 5.74) is 2.76. The van der Waals surface area contributed by atoms with Gasteiger partial charge >= 0.3 is 11.1 Å². The number of aromatic nitrogens is 3. The van der Waals surface area contributed by atoms with Gasteiger partial charge in [-0.1, -0.05) is 24.1 Å². The quantitative estimate of drug-likeness (QED) is 0.237. The molecule has 0 unspecified atom stereocenters. The first-order valence-corrected chi connectivity index (χ1v) is 11.7. The number of aromatic amines is 3. The van der Waals surface area contributed by atoms with E-state index in [1.807, 2.05) is 30.5 Å². The first-order chi connectivity index (χ1) is 16.2. The van der Waals surface area contributed by atoms with Crippen molar-refractivity contribution in [1.29, 1.82) is 0 Å². The number of rotatable bonds is 4. The van der Waals surface area contributed by atoms with Gasteiger partial charge in [0.15, 0.2) is 0 Å². The van der Waals surface area contributed by atoms with Gasteiger partial charge in [0.2, 0.25) is 0 Å². The van der Waals surface area contributed by atoms with E-state index < -0.39 is 21.1 Å². The van der Waals surface area contributed by atoms with E-state index in [0.29, 0.717) is 22.3 Å². The van der Waals surface area contributed by atoms with Crippen LogP contribution in [-0.2, 0) is 10.0 Å². The molecule has 8 nitrogen and oxygen atoms in total. The topological polar surface area (TPSA) is 128 Å². The maximum absolute atomic E-state index is 13.2. The highest BCUT2D eigenvalue weighted by molar-refractivity contribution is 7.92. The van der Waals surface area contributed by atoms with Crippen molar-refractivity contribution in [2.45, 2.75) is 11.8 Å². The lowest BCUT2D eigenvalue weighted by atomic mass is 9.98. The second kappa shape index (κ2) is 7.79. The molecule has 0 aliphatic heterocycles. The zero-order valence-corrected chi connectivity index (χ0v) is 18.7. The summed E-state index contributed by atoms with van der Waals surface area (Å²) >= 11 is 0. The monoisotopic (exact) mass is 470 g/mol. The van der Waals surface area contributed by atoms with Gasteiger partial charge in [-0.05, 0) is 65.4 Å². The average Bonchev–Trinajstić information content (AvgIpc) is 3.27. The summed E-state index contributed by atoms with van der Waals surface area (Å²) in [5.74, 6) is 2.63. The minimum Gasteiger partial charge on any atom is -0.361 e. The summed E-state index contributed by atoms with van der Waals surface area (Å²) in [6, 6.07) is 15.7. The summed E-state index contributed by atoms with van der Waals surface area (Å²) in [6.07, 6.45) is 7.60. The Morgan fingerprint density at radius 2 is 1.62 bits per heavy atom. The first-order valence-electron chi connectivity index (χ1n) is 10.2. The molecule has 168 valence electrons. The fourth-order valence-corrected chi connectivity index (χ4v) is 5.25. The van der Waals surface area contributed by atoms with Crippen molar-refractivity contribution >= 4 is 37.6 Å². The lowest BCUT2D eigenvalue weighted by Crippen LogP contribution is -2.29. The van der Waals surface area contributed by atoms with Crippen LogP contribution >= 0.6 is 0 Å². The van der Waals surface area contributed by atoms with Crippen LogP contribution in [0.4, 0.5) is 5.69 Å². The molecule has 9 heteroatoms. The predicted octanol–water partition coefficient (Wildman–Crippen LogP) is 3.46. The van der Waals surface area contributed by atoms with E-state index >= 15 is 0 Å². The van der Waals surface area contributed by atoms with Crippen LogP contribution in [0, 0.1) is 19.3 Å². The molecule has 5 rings (SSSR count). The lowest BCUT2D eigenvalue weighted by molar-refractivity contribution is 0.600. The third-order valence-corrected chi connectivity index (χ3v) is 7.12. The molecule has 0 saturated carbocycles. The third kappa shape index (κ3) is 3.66. The smallest absolute Gasteiger partial charge is 0.314 e. The van der Waals surface area contributed by atoms with Crippen molar-refractivity contribution < 1.29 is 8.42 Å². The Morgan fingerprint density at radius 1 is 0.882 bits per heavy atom. The number of anilines is 1. The van der Waals surface area contributed by atoms with Crippen LogP contribution in [0.25, 0.3) is 33.1 Å². The van der Waals surface area contributed by atoms with Gasteiger partial charge in [0.1, 0.15) is 0 Å². The van der Waals surface area contributed by atoms with Gasteiger partial charge in [-0.2, -0.15) is 0 Å². The Kier molecular flexibility index (Phi) is 4.88. The molecule has 5 aromatic rings. The number of terminal acetylenes is 1. The molecule has 0 bridgehead atoms. The molecular weight excluding hydrogens is 452 g/mol. The molecule has 3 aromatic carbocycles. The molecule has 0 saturated heterocycles. The predicted molar refractivity (Wildman–Crippen MR) is 132 cm³/mol. The largest absolute Gasteiger partial charge is 0.361 e. The van der Waals surface area contributed by atoms with Crippen LogP contribution in [0.1, 0.15) is 11.1 Å². The Labute approximate surface area is 193 Å². The number of benzene rings is 3. The van der Waals surface area contributed by atoms with E-state index in [4.69, 9.17) is 6.42 Å². The number of H-pyrrole nitrogens is 3. The van der Waals surface area contributed by atoms with Crippen molar-refractivity contribution in [3.8, 4) is 23.5 Å². The highest BCUT2D eigenvalue weighted by Crippen LogP contribution is 2.30. The number of nitrogens with one attached hydrogen (secondary N) is 4. The summed E-state index contributed by atoms with van der Waals surface area (Å²) in [5, 5.41) is 1.08. The van der Waals surface area contributed by atoms with Crippen LogP contribution in [-0.4, -0.2) is 23.4 Å². The van der Waals surface area contributed by atoms with Gasteiger partial charge in [-0.3, -0.25) is 14.3 Å². The Morgan fingerprint density at radius 3 is 2.35 bits per heavy atom. The average molecular weight is 471 g/mol. The number of hydrogen-bond acceptors (Lipinski definition) is 4. The van der Waals surface area contributed by atoms with Gasteiger partial charge in [0.05, 0.1) is 21.6 Å². The Hall–Kier alpha value is -4.55. The normalized spacial score (nSPS) is 11.5. The van der Waals surface area contributed by atoms with Crippen molar-refractivity contribution in [2.75, 3.05) is 4.72 Å². The molecular formula is C25H18N4O4S. The van der Waals surface area contributed by atoms with Crippen LogP contribution in [0.3, 0.4) is 0 Å². The molecule has 2 aromatic heterocycles. The summed E-state index contributed by atoms with van der Waals surface area (Å²) in [4.78, 5) is 31.2. The van der Waals surface area contributed by atoms with Gasteiger partial charge < -0.3 is 15.0 Å². The minimum atomic E-state index is -4.02. The molecule has 0 aliphatic rings. The lowest BCUT2D eigenvalue weighted by Gasteiger charge is -2.13. The highest BCUT2D eigenvalue weighted by Gasteiger charge is 2.19. The van der Waals surface area contributed by atoms with E-state index in [2.05, 4.69) is 25.6 Å². The Balaban J connectivity index is 1.53. The second-order valence-electron chi connectivity index (χ2n) is 7.86. The van der Waals surface area contributed by atoms with Crippen LogP contribution < -0.4 is 15.8 Å². The first kappa shape index (κ1) is 21.3. The molecule has 0 radical (unpaired) electrons. The zero-order valence-electron chi connectivity index (χ0n) is 17.9. The summed E-state index contributed by atoms with van der Waals surface area (Å²) in [6.45, 7) is 1.60. The molecule has 0 aliphatic carbocycles. The van der Waals surface area contributed by atoms with E-state index in [1.165, 1.54) is 12.1 Å². The molecule has 0 fully saturated rings. The van der Waals surface area contributed by atoms with Crippen molar-refractivity contribution in [1.82, 2.24) is 15.0 Å². The number of sulfonamides is 1. The molecule has 0 atom stereocenters. The van der Waals surface area contributed by atoms with Crippen LogP contribution in [0.5, 0.6) is 0 Å². The minimum absolute atomic E-state index is 0.0359. The maximum atomic E-state index is 13.2. The van der Waals surface area contributed by atoms with Crippen molar-refractivity contribution in [3.63, 3.8) is 0 Å². The van der Waals surface area contributed by atoms with E-state index in [1.54, 1.807) is 25.1 Å². The second-order valence-corrected chi connectivity index (χ2v) is 9.51.